The molecule has 0 aliphatic heterocycles. The van der Waals surface area contributed by atoms with Crippen LogP contribution < -0.4 is 4.18 Å². The number of phenols is 1. The normalized spacial score (nSPS) is 11.7. The summed E-state index contributed by atoms with van der Waals surface area (Å²) in [5.74, 6) is -1.56. The molecule has 10 heteroatoms. The Morgan fingerprint density at radius 3 is 2.07 bits per heavy atom. The Labute approximate surface area is 259 Å². The summed E-state index contributed by atoms with van der Waals surface area (Å²) in [6.45, 7) is 11.1. The van der Waals surface area contributed by atoms with Gasteiger partial charge in [-0.15, -0.1) is 0 Å². The second-order valence-corrected chi connectivity index (χ2v) is 13.4. The lowest BCUT2D eigenvalue weighted by atomic mass is 9.88. The summed E-state index contributed by atoms with van der Waals surface area (Å²) >= 11 is 3.57. The number of aromatic hydroxyl groups is 1. The summed E-state index contributed by atoms with van der Waals surface area (Å²) in [6.07, 6.45) is 0.398. The average molecular weight is 670 g/mol. The van der Waals surface area contributed by atoms with E-state index in [4.69, 9.17) is 8.60 Å². The van der Waals surface area contributed by atoms with E-state index in [1.165, 1.54) is 0 Å². The van der Waals surface area contributed by atoms with Gasteiger partial charge in [-0.3, -0.25) is 4.79 Å². The third-order valence-electron chi connectivity index (χ3n) is 7.31. The number of carbonyl (C=O) groups is 2. The highest BCUT2D eigenvalue weighted by Crippen LogP contribution is 2.40. The Bertz CT molecular complexity index is 1800. The van der Waals surface area contributed by atoms with Crippen molar-refractivity contribution >= 4 is 37.8 Å². The van der Waals surface area contributed by atoms with E-state index in [9.17, 15) is 28.2 Å². The summed E-state index contributed by atoms with van der Waals surface area (Å²) in [5, 5.41) is 19.5. The Morgan fingerprint density at radius 2 is 1.53 bits per heavy atom. The SMILES string of the molecule is Cc1oc(Cc2ccccc2Br)c(C(=O)c2cc(C(C)C)c(OS(=O)(=O)c3ccc(C(=O)O)cc3O)c(C(C)C)c2)c1C. The van der Waals surface area contributed by atoms with Gasteiger partial charge in [-0.2, -0.15) is 8.42 Å². The zero-order valence-electron chi connectivity index (χ0n) is 24.7. The monoisotopic (exact) mass is 668 g/mol. The first-order valence-corrected chi connectivity index (χ1v) is 15.9. The summed E-state index contributed by atoms with van der Waals surface area (Å²) in [4.78, 5) is 24.9. The number of furan rings is 1. The lowest BCUT2D eigenvalue weighted by Crippen LogP contribution is -2.15. The minimum atomic E-state index is -4.58. The van der Waals surface area contributed by atoms with E-state index in [0.717, 1.165) is 33.8 Å². The van der Waals surface area contributed by atoms with E-state index < -0.39 is 26.7 Å². The molecule has 0 radical (unpaired) electrons. The van der Waals surface area contributed by atoms with Gasteiger partial charge in [-0.05, 0) is 78.8 Å². The molecule has 0 spiro atoms. The molecule has 1 heterocycles. The van der Waals surface area contributed by atoms with Crippen LogP contribution in [0.15, 0.2) is 68.4 Å². The van der Waals surface area contributed by atoms with Crippen molar-refractivity contribution in [2.45, 2.75) is 64.7 Å². The fourth-order valence-corrected chi connectivity index (χ4v) is 6.33. The third kappa shape index (κ3) is 6.55. The quantitative estimate of drug-likeness (QED) is 0.129. The number of hydrogen-bond acceptors (Lipinski definition) is 7. The molecule has 3 aromatic carbocycles. The van der Waals surface area contributed by atoms with Crippen LogP contribution in [0.4, 0.5) is 0 Å². The first-order chi connectivity index (χ1) is 20.1. The molecule has 4 rings (SSSR count). The summed E-state index contributed by atoms with van der Waals surface area (Å²) in [6, 6.07) is 13.9. The van der Waals surface area contributed by atoms with Crippen molar-refractivity contribution in [1.82, 2.24) is 0 Å². The molecule has 0 fully saturated rings. The van der Waals surface area contributed by atoms with E-state index in [1.54, 1.807) is 12.1 Å². The molecule has 8 nitrogen and oxygen atoms in total. The number of benzene rings is 3. The number of carbonyl (C=O) groups excluding carboxylic acids is 1. The summed E-state index contributed by atoms with van der Waals surface area (Å²) in [5.41, 5.74) is 3.23. The molecule has 0 saturated heterocycles. The molecule has 0 amide bonds. The van der Waals surface area contributed by atoms with Crippen LogP contribution in [0.5, 0.6) is 11.5 Å². The first kappa shape index (κ1) is 32.0. The van der Waals surface area contributed by atoms with Crippen LogP contribution in [0.3, 0.4) is 0 Å². The van der Waals surface area contributed by atoms with Crippen molar-refractivity contribution < 1.29 is 36.8 Å². The van der Waals surface area contributed by atoms with Crippen LogP contribution >= 0.6 is 15.9 Å². The van der Waals surface area contributed by atoms with Crippen LogP contribution in [-0.2, 0) is 16.5 Å². The average Bonchev–Trinajstić information content (AvgIpc) is 3.21. The highest BCUT2D eigenvalue weighted by atomic mass is 79.9. The van der Waals surface area contributed by atoms with Crippen LogP contribution in [0.1, 0.15) is 99.6 Å². The Morgan fingerprint density at radius 1 is 0.930 bits per heavy atom. The molecule has 1 aromatic heterocycles. The number of halogens is 1. The minimum Gasteiger partial charge on any atom is -0.506 e. The molecule has 43 heavy (non-hydrogen) atoms. The van der Waals surface area contributed by atoms with Crippen LogP contribution in [0.25, 0.3) is 0 Å². The van der Waals surface area contributed by atoms with Crippen molar-refractivity contribution in [3.8, 4) is 11.5 Å². The van der Waals surface area contributed by atoms with Crippen molar-refractivity contribution in [1.29, 1.82) is 0 Å². The number of phenolic OH excluding ortho intramolecular Hbond substituents is 1. The zero-order valence-corrected chi connectivity index (χ0v) is 27.1. The fraction of sp³-hybridized carbons (Fsp3) is 0.273. The van der Waals surface area contributed by atoms with Crippen molar-refractivity contribution in [2.24, 2.45) is 0 Å². The van der Waals surface area contributed by atoms with Crippen LogP contribution in [0, 0.1) is 13.8 Å². The Kier molecular flexibility index (Phi) is 9.22. The second-order valence-electron chi connectivity index (χ2n) is 11.0. The molecule has 0 saturated carbocycles. The van der Waals surface area contributed by atoms with E-state index >= 15 is 0 Å². The fourth-order valence-electron chi connectivity index (χ4n) is 4.85. The number of aryl methyl sites for hydroxylation is 1. The van der Waals surface area contributed by atoms with Gasteiger partial charge in [0, 0.05) is 22.0 Å². The second kappa shape index (κ2) is 12.4. The van der Waals surface area contributed by atoms with Gasteiger partial charge in [0.2, 0.25) is 0 Å². The Hall–Kier alpha value is -3.89. The number of rotatable bonds is 10. The number of aromatic carboxylic acids is 1. The molecule has 2 N–H and O–H groups in total. The van der Waals surface area contributed by atoms with Crippen LogP contribution in [-0.4, -0.2) is 30.4 Å². The Balaban J connectivity index is 1.83. The molecule has 0 unspecified atom stereocenters. The molecule has 0 atom stereocenters. The molecule has 0 aliphatic rings. The maximum Gasteiger partial charge on any atom is 0.342 e. The zero-order chi connectivity index (χ0) is 31.8. The van der Waals surface area contributed by atoms with Crippen LogP contribution in [0.2, 0.25) is 0 Å². The number of carboxylic acid groups (broad SMARTS) is 1. The number of hydrogen-bond donors (Lipinski definition) is 2. The maximum absolute atomic E-state index is 14.2. The van der Waals surface area contributed by atoms with E-state index in [2.05, 4.69) is 15.9 Å². The summed E-state index contributed by atoms with van der Waals surface area (Å²) < 4.78 is 39.4. The van der Waals surface area contributed by atoms with Crippen molar-refractivity contribution in [2.75, 3.05) is 0 Å². The molecule has 0 bridgehead atoms. The van der Waals surface area contributed by atoms with Gasteiger partial charge >= 0.3 is 16.1 Å². The predicted octanol–water partition coefficient (Wildman–Crippen LogP) is 7.90. The van der Waals surface area contributed by atoms with Crippen molar-refractivity contribution in [3.63, 3.8) is 0 Å². The van der Waals surface area contributed by atoms with Gasteiger partial charge in [0.05, 0.1) is 11.1 Å². The highest BCUT2D eigenvalue weighted by molar-refractivity contribution is 9.10. The smallest absolute Gasteiger partial charge is 0.342 e. The van der Waals surface area contributed by atoms with Gasteiger partial charge in [0.25, 0.3) is 0 Å². The molecular formula is C33H33BrO8S. The molecule has 226 valence electrons. The lowest BCUT2D eigenvalue weighted by molar-refractivity contribution is 0.0696. The van der Waals surface area contributed by atoms with E-state index in [-0.39, 0.29) is 28.9 Å². The molecule has 4 aromatic rings. The summed E-state index contributed by atoms with van der Waals surface area (Å²) in [7, 11) is -4.58. The largest absolute Gasteiger partial charge is 0.506 e. The predicted molar refractivity (Wildman–Crippen MR) is 166 cm³/mol. The number of ketones is 1. The number of carboxylic acids is 1. The van der Waals surface area contributed by atoms with E-state index in [1.807, 2.05) is 65.8 Å². The van der Waals surface area contributed by atoms with Gasteiger partial charge in [-0.1, -0.05) is 61.8 Å². The van der Waals surface area contributed by atoms with Gasteiger partial charge in [-0.25, -0.2) is 4.79 Å². The lowest BCUT2D eigenvalue weighted by Gasteiger charge is -2.21. The maximum atomic E-state index is 14.2. The van der Waals surface area contributed by atoms with Crippen molar-refractivity contribution in [3.05, 3.63) is 110 Å². The van der Waals surface area contributed by atoms with Gasteiger partial charge < -0.3 is 18.8 Å². The molecular weight excluding hydrogens is 636 g/mol. The van der Waals surface area contributed by atoms with Gasteiger partial charge in [0.15, 0.2) is 5.78 Å². The highest BCUT2D eigenvalue weighted by Gasteiger charge is 2.30. The van der Waals surface area contributed by atoms with Gasteiger partial charge in [0.1, 0.15) is 27.9 Å². The van der Waals surface area contributed by atoms with E-state index in [0.29, 0.717) is 40.2 Å². The minimum absolute atomic E-state index is 0.0665. The standard InChI is InChI=1S/C33H33BrO8S/c1-17(2)24-13-23(31(36)30-19(5)20(6)41-28(30)16-21-9-7-8-10-26(21)34)14-25(18(3)4)32(24)42-43(39,40)29-12-11-22(33(37)38)15-27(29)35/h7-15,17-18,35H,16H2,1-6H3,(H,37,38). The molecule has 0 aliphatic carbocycles. The third-order valence-corrected chi connectivity index (χ3v) is 9.36. The first-order valence-electron chi connectivity index (χ1n) is 13.7. The topological polar surface area (TPSA) is 131 Å².